The van der Waals surface area contributed by atoms with Gasteiger partial charge in [0.25, 0.3) is 0 Å². The average Bonchev–Trinajstić information content (AvgIpc) is 2.26. The minimum atomic E-state index is -0.348. The summed E-state index contributed by atoms with van der Waals surface area (Å²) < 4.78 is 10.5. The fraction of sp³-hybridized carbons (Fsp3) is 0.750. The molecule has 0 aromatic heterocycles. The van der Waals surface area contributed by atoms with Crippen LogP contribution in [0.1, 0.15) is 39.0 Å². The van der Waals surface area contributed by atoms with Gasteiger partial charge < -0.3 is 9.47 Å². The molecule has 0 aromatic rings. The average molecular weight is 212 g/mol. The second-order valence-corrected chi connectivity index (χ2v) is 3.84. The summed E-state index contributed by atoms with van der Waals surface area (Å²) >= 11 is 0. The Balaban J connectivity index is 2.28. The van der Waals surface area contributed by atoms with Crippen LogP contribution in [0, 0.1) is 0 Å². The maximum Gasteiger partial charge on any atom is 0.184 e. The summed E-state index contributed by atoms with van der Waals surface area (Å²) in [6.07, 6.45) is 8.05. The van der Waals surface area contributed by atoms with Crippen molar-refractivity contribution < 1.29 is 14.3 Å². The van der Waals surface area contributed by atoms with Gasteiger partial charge in [-0.25, -0.2) is 0 Å². The summed E-state index contributed by atoms with van der Waals surface area (Å²) in [6, 6.07) is 0. The summed E-state index contributed by atoms with van der Waals surface area (Å²) in [5, 5.41) is 0. The fourth-order valence-corrected chi connectivity index (χ4v) is 1.66. The summed E-state index contributed by atoms with van der Waals surface area (Å²) in [5.74, 6) is 0.0693. The van der Waals surface area contributed by atoms with E-state index in [1.807, 2.05) is 0 Å². The van der Waals surface area contributed by atoms with Gasteiger partial charge in [0.15, 0.2) is 12.1 Å². The zero-order chi connectivity index (χ0) is 11.1. The van der Waals surface area contributed by atoms with E-state index in [0.29, 0.717) is 0 Å². The van der Waals surface area contributed by atoms with Gasteiger partial charge in [-0.05, 0) is 18.6 Å². The van der Waals surface area contributed by atoms with E-state index in [2.05, 4.69) is 6.92 Å². The van der Waals surface area contributed by atoms with E-state index in [9.17, 15) is 4.79 Å². The second kappa shape index (κ2) is 6.75. The lowest BCUT2D eigenvalue weighted by Crippen LogP contribution is -2.32. The number of rotatable bonds is 6. The highest BCUT2D eigenvalue weighted by Crippen LogP contribution is 2.16. The molecule has 1 aliphatic rings. The molecule has 86 valence electrons. The number of hydrogen-bond acceptors (Lipinski definition) is 3. The highest BCUT2D eigenvalue weighted by molar-refractivity contribution is 5.94. The summed E-state index contributed by atoms with van der Waals surface area (Å²) in [7, 11) is 1.58. The largest absolute Gasteiger partial charge is 0.352 e. The zero-order valence-corrected chi connectivity index (χ0v) is 9.57. The van der Waals surface area contributed by atoms with Crippen molar-refractivity contribution in [2.45, 2.75) is 51.4 Å². The lowest BCUT2D eigenvalue weighted by atomic mass is 10.0. The first-order valence-electron chi connectivity index (χ1n) is 5.68. The molecule has 0 saturated heterocycles. The predicted octanol–water partition coefficient (Wildman–Crippen LogP) is 2.45. The Labute approximate surface area is 91.4 Å². The van der Waals surface area contributed by atoms with Gasteiger partial charge in [-0.1, -0.05) is 32.6 Å². The van der Waals surface area contributed by atoms with Crippen molar-refractivity contribution in [2.24, 2.45) is 0 Å². The monoisotopic (exact) mass is 212 g/mol. The van der Waals surface area contributed by atoms with Gasteiger partial charge in [-0.3, -0.25) is 4.79 Å². The number of hydrogen-bond donors (Lipinski definition) is 0. The van der Waals surface area contributed by atoms with Crippen LogP contribution in [0.5, 0.6) is 0 Å². The molecule has 1 heterocycles. The Hall–Kier alpha value is -0.670. The molecule has 0 saturated carbocycles. The predicted molar refractivity (Wildman–Crippen MR) is 58.6 cm³/mol. The molecular formula is C12H20O3. The number of carbonyl (C=O) groups excluding carboxylic acids is 1. The van der Waals surface area contributed by atoms with Crippen LogP contribution in [0.4, 0.5) is 0 Å². The molecule has 3 nitrogen and oxygen atoms in total. The van der Waals surface area contributed by atoms with E-state index >= 15 is 0 Å². The van der Waals surface area contributed by atoms with Crippen molar-refractivity contribution in [2.75, 3.05) is 7.11 Å². The van der Waals surface area contributed by atoms with Crippen LogP contribution in [0.25, 0.3) is 0 Å². The molecule has 1 rings (SSSR count). The van der Waals surface area contributed by atoms with Crippen LogP contribution in [0.2, 0.25) is 0 Å². The molecule has 0 radical (unpaired) electrons. The quantitative estimate of drug-likeness (QED) is 0.634. The molecule has 0 aromatic carbocycles. The van der Waals surface area contributed by atoms with Crippen molar-refractivity contribution >= 4 is 5.78 Å². The van der Waals surface area contributed by atoms with Gasteiger partial charge in [0.05, 0.1) is 0 Å². The van der Waals surface area contributed by atoms with Crippen molar-refractivity contribution in [3.63, 3.8) is 0 Å². The highest BCUT2D eigenvalue weighted by atomic mass is 16.7. The lowest BCUT2D eigenvalue weighted by Gasteiger charge is -2.23. The molecule has 3 heteroatoms. The first kappa shape index (κ1) is 12.4. The molecule has 0 aliphatic carbocycles. The minimum absolute atomic E-state index is 0.0693. The third-order valence-electron chi connectivity index (χ3n) is 2.59. The fourth-order valence-electron chi connectivity index (χ4n) is 1.66. The van der Waals surface area contributed by atoms with Gasteiger partial charge in [-0.2, -0.15) is 0 Å². The van der Waals surface area contributed by atoms with Crippen molar-refractivity contribution in [1.82, 2.24) is 0 Å². The Morgan fingerprint density at radius 2 is 2.20 bits per heavy atom. The molecule has 2 unspecified atom stereocenters. The number of unbranched alkanes of at least 4 members (excludes halogenated alkanes) is 3. The van der Waals surface area contributed by atoms with E-state index in [-0.39, 0.29) is 18.2 Å². The van der Waals surface area contributed by atoms with Gasteiger partial charge in [0, 0.05) is 7.11 Å². The maximum atomic E-state index is 11.5. The van der Waals surface area contributed by atoms with E-state index < -0.39 is 0 Å². The van der Waals surface area contributed by atoms with Crippen molar-refractivity contribution in [3.8, 4) is 0 Å². The van der Waals surface area contributed by atoms with Gasteiger partial charge in [0.1, 0.15) is 6.10 Å². The summed E-state index contributed by atoms with van der Waals surface area (Å²) in [6.45, 7) is 2.17. The van der Waals surface area contributed by atoms with Gasteiger partial charge in [0.2, 0.25) is 0 Å². The summed E-state index contributed by atoms with van der Waals surface area (Å²) in [5.41, 5.74) is 0. The third kappa shape index (κ3) is 4.14. The van der Waals surface area contributed by atoms with E-state index in [1.54, 1.807) is 19.3 Å². The Morgan fingerprint density at radius 3 is 2.87 bits per heavy atom. The molecule has 0 amide bonds. The number of methoxy groups -OCH3 is 1. The molecule has 0 bridgehead atoms. The van der Waals surface area contributed by atoms with Crippen molar-refractivity contribution in [1.29, 1.82) is 0 Å². The number of ether oxygens (including phenoxy) is 2. The van der Waals surface area contributed by atoms with Gasteiger partial charge in [-0.15, -0.1) is 0 Å². The van der Waals surface area contributed by atoms with Gasteiger partial charge >= 0.3 is 0 Å². The number of carbonyl (C=O) groups is 1. The first-order chi connectivity index (χ1) is 7.27. The lowest BCUT2D eigenvalue weighted by molar-refractivity contribution is -0.156. The first-order valence-corrected chi connectivity index (χ1v) is 5.68. The standard InChI is InChI=1S/C12H20O3/c1-3-4-5-6-7-11-10(13)8-9-12(14-2)15-11/h8-9,11-12H,3-7H2,1-2H3. The zero-order valence-electron chi connectivity index (χ0n) is 9.57. The van der Waals surface area contributed by atoms with E-state index in [1.165, 1.54) is 19.3 Å². The molecule has 15 heavy (non-hydrogen) atoms. The highest BCUT2D eigenvalue weighted by Gasteiger charge is 2.24. The van der Waals surface area contributed by atoms with Crippen LogP contribution < -0.4 is 0 Å². The van der Waals surface area contributed by atoms with Crippen LogP contribution in [-0.2, 0) is 14.3 Å². The smallest absolute Gasteiger partial charge is 0.184 e. The molecule has 0 fully saturated rings. The molecule has 0 spiro atoms. The van der Waals surface area contributed by atoms with E-state index in [0.717, 1.165) is 12.8 Å². The SMILES string of the molecule is CCCCCCC1OC(OC)C=CC1=O. The van der Waals surface area contributed by atoms with Crippen molar-refractivity contribution in [3.05, 3.63) is 12.2 Å². The Kier molecular flexibility index (Phi) is 5.58. The van der Waals surface area contributed by atoms with Crippen LogP contribution in [0.15, 0.2) is 12.2 Å². The maximum absolute atomic E-state index is 11.5. The Morgan fingerprint density at radius 1 is 1.40 bits per heavy atom. The third-order valence-corrected chi connectivity index (χ3v) is 2.59. The minimum Gasteiger partial charge on any atom is -0.352 e. The normalized spacial score (nSPS) is 25.9. The molecular weight excluding hydrogens is 192 g/mol. The second-order valence-electron chi connectivity index (χ2n) is 3.84. The van der Waals surface area contributed by atoms with Crippen LogP contribution in [0.3, 0.4) is 0 Å². The van der Waals surface area contributed by atoms with Crippen LogP contribution in [-0.4, -0.2) is 25.3 Å². The molecule has 1 aliphatic heterocycles. The topological polar surface area (TPSA) is 35.5 Å². The molecule has 2 atom stereocenters. The van der Waals surface area contributed by atoms with E-state index in [4.69, 9.17) is 9.47 Å². The summed E-state index contributed by atoms with van der Waals surface area (Å²) in [4.78, 5) is 11.5. The number of ketones is 1. The Bertz CT molecular complexity index is 223. The van der Waals surface area contributed by atoms with Crippen LogP contribution >= 0.6 is 0 Å². The molecule has 0 N–H and O–H groups in total.